The van der Waals surface area contributed by atoms with Crippen molar-refractivity contribution in [2.45, 2.75) is 18.4 Å². The molecular weight excluding hydrogens is 619 g/mol. The van der Waals surface area contributed by atoms with Crippen molar-refractivity contribution in [2.24, 2.45) is 0 Å². The van der Waals surface area contributed by atoms with Crippen LogP contribution < -0.4 is 10.1 Å². The van der Waals surface area contributed by atoms with Gasteiger partial charge in [-0.2, -0.15) is 0 Å². The van der Waals surface area contributed by atoms with Crippen molar-refractivity contribution in [1.82, 2.24) is 24.1 Å². The highest BCUT2D eigenvalue weighted by molar-refractivity contribution is 7.90. The van der Waals surface area contributed by atoms with Crippen molar-refractivity contribution in [3.05, 3.63) is 127 Å². The van der Waals surface area contributed by atoms with Crippen LogP contribution in [0.5, 0.6) is 5.75 Å². The molecule has 0 radical (unpaired) electrons. The van der Waals surface area contributed by atoms with Crippen molar-refractivity contribution < 1.29 is 22.0 Å². The van der Waals surface area contributed by atoms with Crippen LogP contribution in [0.2, 0.25) is 0 Å². The average molecular weight is 647 g/mol. The fourth-order valence-electron chi connectivity index (χ4n) is 5.15. The van der Waals surface area contributed by atoms with Gasteiger partial charge in [-0.15, -0.1) is 5.10 Å². The number of hydrogen-bond donors (Lipinski definition) is 1. The minimum Gasteiger partial charge on any atom is -0.497 e. The van der Waals surface area contributed by atoms with Crippen LogP contribution >= 0.6 is 0 Å². The molecule has 0 unspecified atom stereocenters. The van der Waals surface area contributed by atoms with Crippen LogP contribution in [0.25, 0.3) is 44.9 Å². The zero-order chi connectivity index (χ0) is 32.5. The van der Waals surface area contributed by atoms with E-state index in [2.05, 4.69) is 20.5 Å². The third-order valence-electron chi connectivity index (χ3n) is 7.67. The molecule has 0 spiro atoms. The van der Waals surface area contributed by atoms with Crippen LogP contribution in [0.15, 0.2) is 119 Å². The highest BCUT2D eigenvalue weighted by Gasteiger charge is 2.24. The molecule has 0 saturated heterocycles. The molecular formula is C35H27FN6O4S. The Labute approximate surface area is 269 Å². The van der Waals surface area contributed by atoms with Gasteiger partial charge in [0.25, 0.3) is 10.0 Å². The van der Waals surface area contributed by atoms with E-state index in [9.17, 15) is 12.8 Å². The maximum Gasteiger partial charge on any atom is 0.316 e. The van der Waals surface area contributed by atoms with Gasteiger partial charge < -0.3 is 14.5 Å². The quantitative estimate of drug-likeness (QED) is 0.175. The molecule has 47 heavy (non-hydrogen) atoms. The lowest BCUT2D eigenvalue weighted by Crippen LogP contribution is -2.11. The average Bonchev–Trinajstić information content (AvgIpc) is 3.74. The number of rotatable bonds is 9. The van der Waals surface area contributed by atoms with E-state index in [0.29, 0.717) is 45.5 Å². The van der Waals surface area contributed by atoms with Crippen molar-refractivity contribution in [3.8, 4) is 39.7 Å². The number of ether oxygens (including phenoxy) is 1. The molecule has 0 aliphatic rings. The van der Waals surface area contributed by atoms with E-state index in [1.54, 1.807) is 74.1 Å². The Balaban J connectivity index is 1.29. The van der Waals surface area contributed by atoms with Crippen LogP contribution in [0.3, 0.4) is 0 Å². The topological polar surface area (TPSA) is 125 Å². The smallest absolute Gasteiger partial charge is 0.316 e. The molecule has 0 aliphatic heterocycles. The predicted octanol–water partition coefficient (Wildman–Crippen LogP) is 7.12. The first-order valence-corrected chi connectivity index (χ1v) is 16.0. The number of nitrogens with zero attached hydrogens (tertiary/aromatic N) is 5. The molecule has 4 aromatic carbocycles. The summed E-state index contributed by atoms with van der Waals surface area (Å²) in [4.78, 5) is 9.30. The Morgan fingerprint density at radius 3 is 2.34 bits per heavy atom. The number of methoxy groups -OCH3 is 1. The van der Waals surface area contributed by atoms with Gasteiger partial charge in [-0.1, -0.05) is 34.9 Å². The fourth-order valence-corrected chi connectivity index (χ4v) is 6.52. The lowest BCUT2D eigenvalue weighted by molar-refractivity contribution is 0.414. The monoisotopic (exact) mass is 646 g/mol. The molecule has 12 heteroatoms. The van der Waals surface area contributed by atoms with E-state index in [-0.39, 0.29) is 22.6 Å². The first-order valence-electron chi connectivity index (χ1n) is 14.5. The molecule has 3 aromatic heterocycles. The highest BCUT2D eigenvalue weighted by Crippen LogP contribution is 2.36. The van der Waals surface area contributed by atoms with Crippen LogP contribution in [0.1, 0.15) is 11.1 Å². The minimum atomic E-state index is -3.99. The number of fused-ring (bicyclic) bond motifs is 1. The zero-order valence-electron chi connectivity index (χ0n) is 25.3. The number of hydrogen-bond acceptors (Lipinski definition) is 9. The van der Waals surface area contributed by atoms with E-state index in [1.807, 2.05) is 31.2 Å². The van der Waals surface area contributed by atoms with E-state index in [0.717, 1.165) is 16.9 Å². The third kappa shape index (κ3) is 5.93. The van der Waals surface area contributed by atoms with Gasteiger partial charge in [0, 0.05) is 34.8 Å². The highest BCUT2D eigenvalue weighted by atomic mass is 32.2. The summed E-state index contributed by atoms with van der Waals surface area (Å²) in [5, 5.41) is 12.1. The molecule has 3 heterocycles. The molecule has 7 rings (SSSR count). The predicted molar refractivity (Wildman–Crippen MR) is 176 cm³/mol. The number of nitrogens with one attached hydrogen (secondary N) is 1. The molecule has 7 aromatic rings. The Hall–Kier alpha value is -5.88. The van der Waals surface area contributed by atoms with E-state index in [4.69, 9.17) is 14.1 Å². The second-order valence-corrected chi connectivity index (χ2v) is 12.6. The lowest BCUT2D eigenvalue weighted by Gasteiger charge is -2.08. The number of halogens is 1. The summed E-state index contributed by atoms with van der Waals surface area (Å²) in [5.74, 6) is 0.641. The molecule has 0 aliphatic carbocycles. The van der Waals surface area contributed by atoms with E-state index in [1.165, 1.54) is 22.3 Å². The largest absolute Gasteiger partial charge is 0.497 e. The second-order valence-electron chi connectivity index (χ2n) is 10.8. The summed E-state index contributed by atoms with van der Waals surface area (Å²) in [6, 6.07) is 25.7. The van der Waals surface area contributed by atoms with Gasteiger partial charge in [-0.3, -0.25) is 4.98 Å². The van der Waals surface area contributed by atoms with Crippen molar-refractivity contribution in [3.63, 3.8) is 0 Å². The first kappa shape index (κ1) is 29.8. The lowest BCUT2D eigenvalue weighted by atomic mass is 10.1. The number of aromatic nitrogens is 5. The second kappa shape index (κ2) is 12.1. The number of anilines is 1. The molecule has 234 valence electrons. The van der Waals surface area contributed by atoms with Crippen LogP contribution in [-0.4, -0.2) is 39.7 Å². The maximum absolute atomic E-state index is 13.9. The molecule has 10 nitrogen and oxygen atoms in total. The Bertz CT molecular complexity index is 2320. The molecule has 0 bridgehead atoms. The Kier molecular flexibility index (Phi) is 7.70. The van der Waals surface area contributed by atoms with Gasteiger partial charge in [0.15, 0.2) is 0 Å². The Morgan fingerprint density at radius 1 is 0.872 bits per heavy atom. The standard InChI is InChI=1S/C35H27FN6O4S/c1-22-3-14-28(15-4-22)47(43,44)42-21-30(32-20-37-19-31(39-32)24-7-10-26(36)11-8-24)29-17-25(9-16-33(29)42)34-40-41-35(46-34)38-18-23-5-12-27(45-2)13-6-23/h3-17,19-21H,18H2,1-2H3,(H,38,41). The maximum atomic E-state index is 13.9. The van der Waals surface area contributed by atoms with E-state index >= 15 is 0 Å². The van der Waals surface area contributed by atoms with Gasteiger partial charge in [0.2, 0.25) is 5.89 Å². The van der Waals surface area contributed by atoms with Crippen molar-refractivity contribution in [1.29, 1.82) is 0 Å². The molecule has 0 saturated carbocycles. The molecule has 0 fully saturated rings. The number of benzene rings is 4. The fraction of sp³-hybridized carbons (Fsp3) is 0.0857. The zero-order valence-corrected chi connectivity index (χ0v) is 26.1. The summed E-state index contributed by atoms with van der Waals surface area (Å²) < 4.78 is 53.9. The van der Waals surface area contributed by atoms with Gasteiger partial charge in [-0.25, -0.2) is 21.8 Å². The van der Waals surface area contributed by atoms with Crippen LogP contribution in [-0.2, 0) is 16.6 Å². The Morgan fingerprint density at radius 2 is 1.60 bits per heavy atom. The normalized spacial score (nSPS) is 11.6. The van der Waals surface area contributed by atoms with E-state index < -0.39 is 10.0 Å². The summed E-state index contributed by atoms with van der Waals surface area (Å²) in [5.41, 5.74) is 5.06. The summed E-state index contributed by atoms with van der Waals surface area (Å²) in [6.07, 6.45) is 4.67. The summed E-state index contributed by atoms with van der Waals surface area (Å²) in [7, 11) is -2.38. The van der Waals surface area contributed by atoms with Crippen LogP contribution in [0.4, 0.5) is 10.4 Å². The van der Waals surface area contributed by atoms with Gasteiger partial charge in [0.05, 0.1) is 41.3 Å². The van der Waals surface area contributed by atoms with Gasteiger partial charge in [0.1, 0.15) is 11.6 Å². The molecule has 0 amide bonds. The molecule has 1 N–H and O–H groups in total. The van der Waals surface area contributed by atoms with Crippen LogP contribution in [0, 0.1) is 12.7 Å². The summed E-state index contributed by atoms with van der Waals surface area (Å²) in [6.45, 7) is 2.35. The van der Waals surface area contributed by atoms with Gasteiger partial charge in [-0.05, 0) is 79.2 Å². The minimum absolute atomic E-state index is 0.145. The SMILES string of the molecule is COc1ccc(CNc2nnc(-c3ccc4c(c3)c(-c3cncc(-c5ccc(F)cc5)n3)cn4S(=O)(=O)c3ccc(C)cc3)o2)cc1. The van der Waals surface area contributed by atoms with Crippen molar-refractivity contribution >= 4 is 26.9 Å². The van der Waals surface area contributed by atoms with Gasteiger partial charge >= 0.3 is 6.01 Å². The van der Waals surface area contributed by atoms with Crippen molar-refractivity contribution in [2.75, 3.05) is 12.4 Å². The first-order chi connectivity index (χ1) is 22.8. The summed E-state index contributed by atoms with van der Waals surface area (Å²) >= 11 is 0. The molecule has 0 atom stereocenters. The number of aryl methyl sites for hydroxylation is 1. The third-order valence-corrected chi connectivity index (χ3v) is 9.36.